The Morgan fingerprint density at radius 3 is 1.16 bits per heavy atom. The molecule has 0 saturated carbocycles. The molecule has 0 bridgehead atoms. The topological polar surface area (TPSA) is 185 Å². The van der Waals surface area contributed by atoms with Crippen molar-refractivity contribution in [1.29, 1.82) is 0 Å². The number of carbonyl (C=O) groups is 4. The maximum absolute atomic E-state index is 11.7. The third-order valence-electron chi connectivity index (χ3n) is 13.3. The van der Waals surface area contributed by atoms with Gasteiger partial charge in [0.05, 0.1) is 33.0 Å². The van der Waals surface area contributed by atoms with E-state index in [1.54, 1.807) is 7.11 Å². The minimum absolute atomic E-state index is 0. The van der Waals surface area contributed by atoms with Crippen molar-refractivity contribution in [3.63, 3.8) is 0 Å². The molecule has 455 valence electrons. The highest BCUT2D eigenvalue weighted by Crippen LogP contribution is 2.21. The molecule has 4 amide bonds. The fourth-order valence-corrected chi connectivity index (χ4v) is 8.53. The highest BCUT2D eigenvalue weighted by molar-refractivity contribution is 5.76. The first kappa shape index (κ1) is 83.0. The summed E-state index contributed by atoms with van der Waals surface area (Å²) in [4.78, 5) is 46.5. The second-order valence-electron chi connectivity index (χ2n) is 20.9. The highest BCUT2D eigenvalue weighted by Gasteiger charge is 2.08. The van der Waals surface area contributed by atoms with Crippen molar-refractivity contribution < 1.29 is 48.3 Å². The van der Waals surface area contributed by atoms with E-state index in [2.05, 4.69) is 68.0 Å². The molecule has 2 unspecified atom stereocenters. The number of aliphatic hydroxyl groups excluding tert-OH is 2. The number of hydrogen-bond donors (Lipinski definition) is 6. The van der Waals surface area contributed by atoms with E-state index in [0.29, 0.717) is 65.3 Å². The summed E-state index contributed by atoms with van der Waals surface area (Å²) in [6.45, 7) is 20.9. The first-order valence-electron chi connectivity index (χ1n) is 30.6. The van der Waals surface area contributed by atoms with Gasteiger partial charge in [-0.05, 0) is 117 Å². The summed E-state index contributed by atoms with van der Waals surface area (Å²) in [5.74, 6) is 2.35. The minimum Gasteiger partial charge on any atom is -0.394 e. The first-order chi connectivity index (χ1) is 36.4. The lowest BCUT2D eigenvalue weighted by Crippen LogP contribution is -2.27. The van der Waals surface area contributed by atoms with Gasteiger partial charge in [0.2, 0.25) is 23.6 Å². The summed E-state index contributed by atoms with van der Waals surface area (Å²) in [7, 11) is 1.69. The lowest BCUT2D eigenvalue weighted by Gasteiger charge is -2.14. The molecular formula is C62H123BFN4O9. The fourth-order valence-electron chi connectivity index (χ4n) is 8.53. The first-order valence-corrected chi connectivity index (χ1v) is 30.6. The average Bonchev–Trinajstić information content (AvgIpc) is 3.39. The molecule has 0 aliphatic carbocycles. The summed E-state index contributed by atoms with van der Waals surface area (Å²) in [6, 6.07) is 0. The molecule has 13 nitrogen and oxygen atoms in total. The van der Waals surface area contributed by atoms with Gasteiger partial charge in [-0.15, -0.1) is 0 Å². The molecular weight excluding hydrogens is 975 g/mol. The predicted octanol–water partition coefficient (Wildman–Crippen LogP) is 13.0. The Morgan fingerprint density at radius 1 is 0.442 bits per heavy atom. The minimum atomic E-state index is 0. The number of allylic oxidation sites excluding steroid dienone is 4. The number of hydrogen-bond acceptors (Lipinski definition) is 9. The van der Waals surface area contributed by atoms with Gasteiger partial charge >= 0.3 is 0 Å². The molecule has 0 aromatic rings. The molecule has 6 N–H and O–H groups in total. The molecule has 3 radical (unpaired) electrons. The average molecular weight is 1100 g/mol. The summed E-state index contributed by atoms with van der Waals surface area (Å²) < 4.78 is 14.8. The van der Waals surface area contributed by atoms with E-state index >= 15 is 0 Å². The third-order valence-corrected chi connectivity index (χ3v) is 13.3. The molecule has 2 atom stereocenters. The fraction of sp³-hybridized carbons (Fsp3) is 0.871. The molecule has 0 spiro atoms. The second kappa shape index (κ2) is 69.3. The zero-order valence-electron chi connectivity index (χ0n) is 51.2. The molecule has 15 heteroatoms. The van der Waals surface area contributed by atoms with Gasteiger partial charge in [0.25, 0.3) is 0 Å². The van der Waals surface area contributed by atoms with E-state index < -0.39 is 0 Å². The molecule has 77 heavy (non-hydrogen) atoms. The van der Waals surface area contributed by atoms with Crippen LogP contribution in [-0.4, -0.2) is 122 Å². The molecule has 0 aliphatic heterocycles. The molecule has 0 saturated heterocycles. The van der Waals surface area contributed by atoms with Gasteiger partial charge in [0.15, 0.2) is 0 Å². The van der Waals surface area contributed by atoms with E-state index in [-0.39, 0.29) is 50.0 Å². The van der Waals surface area contributed by atoms with Crippen LogP contribution in [0.25, 0.3) is 0 Å². The monoisotopic (exact) mass is 1100 g/mol. The normalized spacial score (nSPS) is 11.9. The van der Waals surface area contributed by atoms with Crippen LogP contribution in [0, 0.1) is 11.8 Å². The van der Waals surface area contributed by atoms with Gasteiger partial charge in [0, 0.05) is 80.6 Å². The zero-order chi connectivity index (χ0) is 56.1. The van der Waals surface area contributed by atoms with Crippen LogP contribution in [0.3, 0.4) is 0 Å². The number of amides is 4. The van der Waals surface area contributed by atoms with Crippen molar-refractivity contribution in [1.82, 2.24) is 21.3 Å². The Balaban J connectivity index is -0.000000395. The Labute approximate surface area is 474 Å². The number of halogens is 1. The Morgan fingerprint density at radius 2 is 0.792 bits per heavy atom. The van der Waals surface area contributed by atoms with E-state index in [9.17, 15) is 19.2 Å². The standard InChI is InChI=1S/C30H60N2O3.C28H52N2O4.C4H10O2.B.FH/c1-5-6-24-31-29(33)22-13-9-7-11-18-27(2)20-15-16-21-28(3)19-12-8-10-14-23-30(34)32-25-17-26-35-4;1-4-29-27(32)19-11-7-5-9-15-25(2)17-13-14-18-26(3)16-10-6-8-12-20-28(33)30-21-23-34-24-22-31;1-2-6-4-3-5;;/h27-28H,5-26H2,1-4H3,(H,31,33)(H,32,34);17-18,31H,4-16,19-24H2,1-3H3,(H,29,32)(H,30,33);5H,2-4H2,1H3;;1H/b;25-17+,26-18+;;;. The summed E-state index contributed by atoms with van der Waals surface area (Å²) in [6.07, 6.45) is 41.6. The van der Waals surface area contributed by atoms with Crippen LogP contribution in [0.1, 0.15) is 260 Å². The number of ether oxygens (including phenoxy) is 3. The maximum atomic E-state index is 11.7. The molecule has 0 rings (SSSR count). The molecule has 0 aliphatic rings. The smallest absolute Gasteiger partial charge is 0.220 e. The summed E-state index contributed by atoms with van der Waals surface area (Å²) in [5.41, 5.74) is 2.95. The Hall–Kier alpha value is -2.85. The van der Waals surface area contributed by atoms with Crippen molar-refractivity contribution in [2.24, 2.45) is 11.8 Å². The molecule has 0 aromatic heterocycles. The number of carbonyl (C=O) groups excluding carboxylic acids is 4. The number of nitrogens with one attached hydrogen (secondary N) is 4. The van der Waals surface area contributed by atoms with Gasteiger partial charge in [-0.25, -0.2) is 0 Å². The third kappa shape index (κ3) is 73.2. The van der Waals surface area contributed by atoms with E-state index in [4.69, 9.17) is 24.4 Å². The van der Waals surface area contributed by atoms with Crippen LogP contribution in [0.15, 0.2) is 23.3 Å². The largest absolute Gasteiger partial charge is 0.394 e. The molecule has 0 aromatic carbocycles. The van der Waals surface area contributed by atoms with Crippen LogP contribution in [-0.2, 0) is 33.4 Å². The van der Waals surface area contributed by atoms with Crippen molar-refractivity contribution in [2.45, 2.75) is 260 Å². The number of unbranched alkanes of at least 4 members (excludes halogenated alkanes) is 15. The lowest BCUT2D eigenvalue weighted by atomic mass is 9.93. The van der Waals surface area contributed by atoms with Crippen molar-refractivity contribution in [3.8, 4) is 0 Å². The number of methoxy groups -OCH3 is 1. The number of rotatable bonds is 52. The summed E-state index contributed by atoms with van der Waals surface area (Å²) in [5, 5.41) is 28.3. The van der Waals surface area contributed by atoms with Gasteiger partial charge in [-0.2, -0.15) is 0 Å². The van der Waals surface area contributed by atoms with Gasteiger partial charge < -0.3 is 45.7 Å². The van der Waals surface area contributed by atoms with Crippen LogP contribution < -0.4 is 21.3 Å². The lowest BCUT2D eigenvalue weighted by molar-refractivity contribution is -0.122. The van der Waals surface area contributed by atoms with Crippen LogP contribution in [0.4, 0.5) is 4.70 Å². The quantitative estimate of drug-likeness (QED) is 0.0196. The van der Waals surface area contributed by atoms with Crippen LogP contribution in [0.5, 0.6) is 0 Å². The zero-order valence-corrected chi connectivity index (χ0v) is 51.2. The van der Waals surface area contributed by atoms with Crippen molar-refractivity contribution >= 4 is 32.0 Å². The number of aliphatic hydroxyl groups is 2. The van der Waals surface area contributed by atoms with E-state index in [0.717, 1.165) is 109 Å². The summed E-state index contributed by atoms with van der Waals surface area (Å²) >= 11 is 0. The van der Waals surface area contributed by atoms with Gasteiger partial charge in [0.1, 0.15) is 0 Å². The Bertz CT molecular complexity index is 1330. The van der Waals surface area contributed by atoms with Crippen LogP contribution in [0.2, 0.25) is 0 Å². The highest BCUT2D eigenvalue weighted by atomic mass is 19.0. The maximum Gasteiger partial charge on any atom is 0.220 e. The van der Waals surface area contributed by atoms with E-state index in [1.165, 1.54) is 120 Å². The molecule has 0 fully saturated rings. The van der Waals surface area contributed by atoms with Crippen LogP contribution >= 0.6 is 0 Å². The second-order valence-corrected chi connectivity index (χ2v) is 20.9. The predicted molar refractivity (Wildman–Crippen MR) is 323 cm³/mol. The van der Waals surface area contributed by atoms with Gasteiger partial charge in [-0.1, -0.05) is 153 Å². The van der Waals surface area contributed by atoms with Gasteiger partial charge in [-0.3, -0.25) is 23.9 Å². The molecule has 0 heterocycles. The SMILES string of the molecule is CCCCNC(=O)CCCCCCC(C)CCCCC(C)CCCCCCC(=O)NCCCOC.CCNC(=O)CCCCCC/C(C)=C/CC/C=C(\C)CCCCCCC(=O)NCCOCCO.CCOCCO.F.[B]. The van der Waals surface area contributed by atoms with Crippen molar-refractivity contribution in [2.75, 3.05) is 79.5 Å². The Kier molecular flexibility index (Phi) is 74.6. The van der Waals surface area contributed by atoms with E-state index in [1.807, 2.05) is 13.8 Å². The van der Waals surface area contributed by atoms with Crippen molar-refractivity contribution in [3.05, 3.63) is 23.3 Å².